The summed E-state index contributed by atoms with van der Waals surface area (Å²) in [5.41, 5.74) is 6.95. The minimum absolute atomic E-state index is 0.790. The van der Waals surface area contributed by atoms with Crippen molar-refractivity contribution in [2.75, 3.05) is 14.2 Å². The number of methoxy groups -OCH3 is 2. The SMILES string of the molecule is COc1cccc(OC)c1-c1cccc(-c2cccc(C)c2C)c1Br. The fourth-order valence-electron chi connectivity index (χ4n) is 3.09. The predicted octanol–water partition coefficient (Wildman–Crippen LogP) is 6.42. The Hall–Kier alpha value is -2.26. The number of ether oxygens (including phenoxy) is 2. The van der Waals surface area contributed by atoms with Crippen LogP contribution in [-0.2, 0) is 0 Å². The summed E-state index contributed by atoms with van der Waals surface area (Å²) in [5.74, 6) is 1.58. The summed E-state index contributed by atoms with van der Waals surface area (Å²) < 4.78 is 12.2. The number of rotatable bonds is 4. The van der Waals surface area contributed by atoms with Crippen molar-refractivity contribution < 1.29 is 9.47 Å². The standard InChI is InChI=1S/C22H21BrO2/c1-14-8-5-9-16(15(14)2)17-10-6-11-18(22(17)23)21-19(24-3)12-7-13-20(21)25-4/h5-13H,1-4H3. The van der Waals surface area contributed by atoms with Crippen molar-refractivity contribution in [3.63, 3.8) is 0 Å². The first-order chi connectivity index (χ1) is 12.1. The molecule has 0 unspecified atom stereocenters. The maximum absolute atomic E-state index is 5.58. The summed E-state index contributed by atoms with van der Waals surface area (Å²) in [4.78, 5) is 0. The lowest BCUT2D eigenvalue weighted by Gasteiger charge is -2.17. The summed E-state index contributed by atoms with van der Waals surface area (Å²) in [6.45, 7) is 4.30. The van der Waals surface area contributed by atoms with Crippen LogP contribution in [0, 0.1) is 13.8 Å². The van der Waals surface area contributed by atoms with Gasteiger partial charge in [0.25, 0.3) is 0 Å². The van der Waals surface area contributed by atoms with Crippen molar-refractivity contribution in [1.82, 2.24) is 0 Å². The van der Waals surface area contributed by atoms with Gasteiger partial charge in [-0.1, -0.05) is 42.5 Å². The Morgan fingerprint density at radius 3 is 1.84 bits per heavy atom. The van der Waals surface area contributed by atoms with Gasteiger partial charge < -0.3 is 9.47 Å². The minimum atomic E-state index is 0.790. The van der Waals surface area contributed by atoms with Crippen LogP contribution in [-0.4, -0.2) is 14.2 Å². The van der Waals surface area contributed by atoms with Gasteiger partial charge in [-0.05, 0) is 64.2 Å². The molecule has 0 atom stereocenters. The number of aryl methyl sites for hydroxylation is 1. The molecule has 0 heterocycles. The molecule has 3 heteroatoms. The largest absolute Gasteiger partial charge is 0.496 e. The van der Waals surface area contributed by atoms with Gasteiger partial charge in [0.15, 0.2) is 0 Å². The van der Waals surface area contributed by atoms with Crippen LogP contribution in [0.15, 0.2) is 59.1 Å². The van der Waals surface area contributed by atoms with E-state index >= 15 is 0 Å². The Bertz CT molecular complexity index is 894. The van der Waals surface area contributed by atoms with E-state index in [1.807, 2.05) is 18.2 Å². The van der Waals surface area contributed by atoms with Crippen LogP contribution in [0.25, 0.3) is 22.3 Å². The Morgan fingerprint density at radius 2 is 1.20 bits per heavy atom. The molecule has 0 aromatic heterocycles. The molecule has 0 aliphatic rings. The smallest absolute Gasteiger partial charge is 0.130 e. The van der Waals surface area contributed by atoms with E-state index in [4.69, 9.17) is 9.47 Å². The average Bonchev–Trinajstić information content (AvgIpc) is 2.64. The molecule has 0 amide bonds. The number of hydrogen-bond donors (Lipinski definition) is 0. The van der Waals surface area contributed by atoms with Crippen molar-refractivity contribution >= 4 is 15.9 Å². The molecule has 0 fully saturated rings. The summed E-state index contributed by atoms with van der Waals surface area (Å²) in [6.07, 6.45) is 0. The quantitative estimate of drug-likeness (QED) is 0.506. The van der Waals surface area contributed by atoms with Crippen LogP contribution in [0.4, 0.5) is 0 Å². The number of hydrogen-bond acceptors (Lipinski definition) is 2. The second-order valence-electron chi connectivity index (χ2n) is 5.95. The lowest BCUT2D eigenvalue weighted by atomic mass is 9.94. The van der Waals surface area contributed by atoms with Crippen molar-refractivity contribution in [3.05, 3.63) is 70.2 Å². The second-order valence-corrected chi connectivity index (χ2v) is 6.75. The lowest BCUT2D eigenvalue weighted by Crippen LogP contribution is -1.95. The zero-order valence-electron chi connectivity index (χ0n) is 14.9. The summed E-state index contributed by atoms with van der Waals surface area (Å²) >= 11 is 3.83. The highest BCUT2D eigenvalue weighted by Crippen LogP contribution is 2.45. The number of benzene rings is 3. The molecule has 3 aromatic carbocycles. The van der Waals surface area contributed by atoms with Crippen molar-refractivity contribution in [2.24, 2.45) is 0 Å². The predicted molar refractivity (Wildman–Crippen MR) is 108 cm³/mol. The van der Waals surface area contributed by atoms with Crippen LogP contribution < -0.4 is 9.47 Å². The molecular formula is C22H21BrO2. The Morgan fingerprint density at radius 1 is 0.680 bits per heavy atom. The molecule has 0 radical (unpaired) electrons. The molecule has 0 saturated heterocycles. The van der Waals surface area contributed by atoms with E-state index in [9.17, 15) is 0 Å². The van der Waals surface area contributed by atoms with Crippen molar-refractivity contribution in [1.29, 1.82) is 0 Å². The molecule has 25 heavy (non-hydrogen) atoms. The van der Waals surface area contributed by atoms with Gasteiger partial charge in [0.05, 0.1) is 19.8 Å². The van der Waals surface area contributed by atoms with Crippen LogP contribution in [0.1, 0.15) is 11.1 Å². The fraction of sp³-hybridized carbons (Fsp3) is 0.182. The van der Waals surface area contributed by atoms with Gasteiger partial charge in [-0.2, -0.15) is 0 Å². The highest BCUT2D eigenvalue weighted by molar-refractivity contribution is 9.10. The normalized spacial score (nSPS) is 10.6. The molecule has 0 aliphatic heterocycles. The van der Waals surface area contributed by atoms with E-state index in [1.54, 1.807) is 14.2 Å². The molecule has 0 bridgehead atoms. The van der Waals surface area contributed by atoms with Crippen molar-refractivity contribution in [3.8, 4) is 33.8 Å². The maximum atomic E-state index is 5.58. The third-order valence-corrected chi connectivity index (χ3v) is 5.45. The first-order valence-corrected chi connectivity index (χ1v) is 8.94. The molecule has 3 rings (SSSR count). The van der Waals surface area contributed by atoms with Crippen LogP contribution in [0.2, 0.25) is 0 Å². The molecule has 2 nitrogen and oxygen atoms in total. The van der Waals surface area contributed by atoms with Gasteiger partial charge in [0, 0.05) is 10.0 Å². The van der Waals surface area contributed by atoms with Gasteiger partial charge >= 0.3 is 0 Å². The topological polar surface area (TPSA) is 18.5 Å². The Kier molecular flexibility index (Phi) is 5.14. The molecule has 0 N–H and O–H groups in total. The van der Waals surface area contributed by atoms with Gasteiger partial charge in [-0.3, -0.25) is 0 Å². The monoisotopic (exact) mass is 396 g/mol. The Labute approximate surface area is 157 Å². The van der Waals surface area contributed by atoms with Crippen LogP contribution >= 0.6 is 15.9 Å². The third kappa shape index (κ3) is 3.16. The highest BCUT2D eigenvalue weighted by Gasteiger charge is 2.18. The third-order valence-electron chi connectivity index (χ3n) is 4.59. The van der Waals surface area contributed by atoms with Gasteiger partial charge in [0.1, 0.15) is 11.5 Å². The summed E-state index contributed by atoms with van der Waals surface area (Å²) in [7, 11) is 3.36. The zero-order valence-corrected chi connectivity index (χ0v) is 16.5. The lowest BCUT2D eigenvalue weighted by molar-refractivity contribution is 0.397. The summed E-state index contributed by atoms with van der Waals surface area (Å²) in [6, 6.07) is 18.5. The van der Waals surface area contributed by atoms with Crippen LogP contribution in [0.3, 0.4) is 0 Å². The van der Waals surface area contributed by atoms with E-state index < -0.39 is 0 Å². The molecule has 0 aliphatic carbocycles. The Balaban J connectivity index is 2.27. The first-order valence-electron chi connectivity index (χ1n) is 8.15. The highest BCUT2D eigenvalue weighted by atomic mass is 79.9. The molecule has 3 aromatic rings. The maximum Gasteiger partial charge on any atom is 0.130 e. The van der Waals surface area contributed by atoms with E-state index in [0.717, 1.165) is 32.7 Å². The fourth-order valence-corrected chi connectivity index (χ4v) is 3.77. The molecule has 128 valence electrons. The zero-order chi connectivity index (χ0) is 18.0. The van der Waals surface area contributed by atoms with E-state index in [1.165, 1.54) is 16.7 Å². The van der Waals surface area contributed by atoms with Gasteiger partial charge in [-0.25, -0.2) is 0 Å². The summed E-state index contributed by atoms with van der Waals surface area (Å²) in [5, 5.41) is 0. The average molecular weight is 397 g/mol. The first kappa shape index (κ1) is 17.6. The van der Waals surface area contributed by atoms with E-state index in [2.05, 4.69) is 66.2 Å². The van der Waals surface area contributed by atoms with Crippen molar-refractivity contribution in [2.45, 2.75) is 13.8 Å². The van der Waals surface area contributed by atoms with E-state index in [0.29, 0.717) is 0 Å². The minimum Gasteiger partial charge on any atom is -0.496 e. The molecule has 0 saturated carbocycles. The molecular weight excluding hydrogens is 376 g/mol. The van der Waals surface area contributed by atoms with E-state index in [-0.39, 0.29) is 0 Å². The van der Waals surface area contributed by atoms with Gasteiger partial charge in [-0.15, -0.1) is 0 Å². The molecule has 0 spiro atoms. The van der Waals surface area contributed by atoms with Crippen LogP contribution in [0.5, 0.6) is 11.5 Å². The van der Waals surface area contributed by atoms with Gasteiger partial charge in [0.2, 0.25) is 0 Å². The number of halogens is 1. The second kappa shape index (κ2) is 7.32.